The number of benzene rings is 1. The Balaban J connectivity index is 1.81. The lowest BCUT2D eigenvalue weighted by atomic mass is 10.2. The van der Waals surface area contributed by atoms with Gasteiger partial charge in [0.15, 0.2) is 5.82 Å². The van der Waals surface area contributed by atoms with Gasteiger partial charge in [0.05, 0.1) is 17.6 Å². The number of nitrogens with one attached hydrogen (secondary N) is 3. The number of amides is 2. The molecule has 134 valence electrons. The first kappa shape index (κ1) is 17.4. The molecular formula is C15H15N7O3S. The summed E-state index contributed by atoms with van der Waals surface area (Å²) >= 11 is 0. The summed E-state index contributed by atoms with van der Waals surface area (Å²) in [5.41, 5.74) is 0.963. The zero-order chi connectivity index (χ0) is 18.7. The quantitative estimate of drug-likeness (QED) is 0.710. The monoisotopic (exact) mass is 373 g/mol. The molecule has 0 bridgehead atoms. The van der Waals surface area contributed by atoms with Gasteiger partial charge < -0.3 is 5.32 Å². The van der Waals surface area contributed by atoms with Crippen LogP contribution in [0.1, 0.15) is 11.1 Å². The van der Waals surface area contributed by atoms with E-state index in [1.54, 1.807) is 12.1 Å². The molecule has 1 aromatic carbocycles. The van der Waals surface area contributed by atoms with Gasteiger partial charge in [0, 0.05) is 6.54 Å². The van der Waals surface area contributed by atoms with Crippen LogP contribution in [0.4, 0.5) is 10.6 Å². The van der Waals surface area contributed by atoms with Crippen LogP contribution in [0.2, 0.25) is 0 Å². The summed E-state index contributed by atoms with van der Waals surface area (Å²) in [6.45, 7) is 2.95. The van der Waals surface area contributed by atoms with Crippen molar-refractivity contribution in [2.45, 2.75) is 11.8 Å². The predicted octanol–water partition coefficient (Wildman–Crippen LogP) is 0.381. The van der Waals surface area contributed by atoms with Crippen LogP contribution in [0, 0.1) is 18.3 Å². The van der Waals surface area contributed by atoms with Gasteiger partial charge in [-0.15, -0.1) is 0 Å². The van der Waals surface area contributed by atoms with Crippen LogP contribution < -0.4 is 15.4 Å². The van der Waals surface area contributed by atoms with Crippen LogP contribution in [-0.2, 0) is 10.0 Å². The second kappa shape index (κ2) is 6.85. The molecule has 0 spiro atoms. The molecule has 26 heavy (non-hydrogen) atoms. The Morgan fingerprint density at radius 2 is 2.08 bits per heavy atom. The lowest BCUT2D eigenvalue weighted by molar-refractivity contribution is 0.256. The van der Waals surface area contributed by atoms with E-state index < -0.39 is 16.1 Å². The molecule has 0 aliphatic carbocycles. The third-order valence-corrected chi connectivity index (χ3v) is 4.88. The van der Waals surface area contributed by atoms with Crippen LogP contribution in [-0.4, -0.2) is 43.3 Å². The second-order valence-electron chi connectivity index (χ2n) is 5.44. The fraction of sp³-hybridized carbons (Fsp3) is 0.200. The van der Waals surface area contributed by atoms with Crippen molar-refractivity contribution >= 4 is 27.8 Å². The zero-order valence-electron chi connectivity index (χ0n) is 13.7. The molecule has 3 rings (SSSR count). The van der Waals surface area contributed by atoms with Gasteiger partial charge in [0.25, 0.3) is 10.0 Å². The number of anilines is 1. The molecule has 0 unspecified atom stereocenters. The van der Waals surface area contributed by atoms with Crippen molar-refractivity contribution in [1.29, 1.82) is 5.26 Å². The Bertz CT molecular complexity index is 1020. The number of hydrogen-bond acceptors (Lipinski definition) is 7. The molecule has 1 aliphatic rings. The summed E-state index contributed by atoms with van der Waals surface area (Å²) in [7, 11) is -4.05. The predicted molar refractivity (Wildman–Crippen MR) is 93.2 cm³/mol. The van der Waals surface area contributed by atoms with Crippen molar-refractivity contribution in [3.05, 3.63) is 41.6 Å². The third-order valence-electron chi connectivity index (χ3n) is 3.54. The summed E-state index contributed by atoms with van der Waals surface area (Å²) in [6, 6.07) is 6.92. The number of carbonyl (C=O) groups is 1. The summed E-state index contributed by atoms with van der Waals surface area (Å²) in [6.07, 6.45) is 1.26. The number of sulfonamides is 1. The molecule has 0 atom stereocenters. The van der Waals surface area contributed by atoms with E-state index in [1.165, 1.54) is 23.0 Å². The normalized spacial score (nSPS) is 13.5. The van der Waals surface area contributed by atoms with E-state index in [-0.39, 0.29) is 16.3 Å². The molecule has 0 fully saturated rings. The average molecular weight is 373 g/mol. The van der Waals surface area contributed by atoms with Crippen LogP contribution in [0.15, 0.2) is 40.4 Å². The molecule has 11 heteroatoms. The highest BCUT2D eigenvalue weighted by molar-refractivity contribution is 7.90. The fourth-order valence-electron chi connectivity index (χ4n) is 2.27. The Labute approximate surface area is 149 Å². The van der Waals surface area contributed by atoms with Crippen molar-refractivity contribution in [2.75, 3.05) is 18.4 Å². The minimum absolute atomic E-state index is 0.0252. The van der Waals surface area contributed by atoms with Gasteiger partial charge in [-0.25, -0.2) is 22.9 Å². The number of nitrogens with zero attached hydrogens (tertiary/aromatic N) is 4. The maximum atomic E-state index is 12.3. The molecule has 2 amide bonds. The SMILES string of the molecule is Cc1ccc(S(=O)(=O)NC(=O)Nc2c(C#N)cnn2C2=NCCN2)cc1. The van der Waals surface area contributed by atoms with Gasteiger partial charge in [-0.2, -0.15) is 15.0 Å². The minimum atomic E-state index is -4.05. The summed E-state index contributed by atoms with van der Waals surface area (Å²) in [5, 5.41) is 18.5. The Morgan fingerprint density at radius 1 is 1.35 bits per heavy atom. The van der Waals surface area contributed by atoms with Crippen molar-refractivity contribution in [3.8, 4) is 6.07 Å². The largest absolute Gasteiger partial charge is 0.353 e. The minimum Gasteiger partial charge on any atom is -0.353 e. The fourth-order valence-corrected chi connectivity index (χ4v) is 3.18. The van der Waals surface area contributed by atoms with Gasteiger partial charge in [0.1, 0.15) is 11.6 Å². The number of nitriles is 1. The lowest BCUT2D eigenvalue weighted by Crippen LogP contribution is -2.36. The third kappa shape index (κ3) is 3.50. The molecule has 2 aromatic rings. The standard InChI is InChI=1S/C15H15N7O3S/c1-10-2-4-12(5-3-10)26(24,25)21-15(23)20-13-11(8-16)9-19-22(13)14-17-6-7-18-14/h2-5,9H,6-7H2,1H3,(H,17,18)(H2,20,21,23). The van der Waals surface area contributed by atoms with Gasteiger partial charge in [-0.05, 0) is 19.1 Å². The highest BCUT2D eigenvalue weighted by Gasteiger charge is 2.22. The van der Waals surface area contributed by atoms with E-state index in [9.17, 15) is 18.5 Å². The maximum absolute atomic E-state index is 12.3. The van der Waals surface area contributed by atoms with E-state index in [4.69, 9.17) is 0 Å². The van der Waals surface area contributed by atoms with Crippen LogP contribution >= 0.6 is 0 Å². The molecule has 1 aromatic heterocycles. The van der Waals surface area contributed by atoms with E-state index in [2.05, 4.69) is 20.7 Å². The number of rotatable bonds is 3. The number of hydrogen-bond donors (Lipinski definition) is 3. The molecule has 10 nitrogen and oxygen atoms in total. The molecule has 0 saturated heterocycles. The van der Waals surface area contributed by atoms with E-state index >= 15 is 0 Å². The highest BCUT2D eigenvalue weighted by Crippen LogP contribution is 2.15. The summed E-state index contributed by atoms with van der Waals surface area (Å²) in [4.78, 5) is 16.3. The van der Waals surface area contributed by atoms with Crippen LogP contribution in [0.25, 0.3) is 0 Å². The first-order valence-electron chi connectivity index (χ1n) is 7.58. The summed E-state index contributed by atoms with van der Waals surface area (Å²) in [5.74, 6) is 0.389. The molecular weight excluding hydrogens is 358 g/mol. The lowest BCUT2D eigenvalue weighted by Gasteiger charge is -2.11. The van der Waals surface area contributed by atoms with Crippen molar-refractivity contribution in [3.63, 3.8) is 0 Å². The van der Waals surface area contributed by atoms with Crippen molar-refractivity contribution in [1.82, 2.24) is 19.8 Å². The maximum Gasteiger partial charge on any atom is 0.334 e. The molecule has 2 heterocycles. The first-order valence-corrected chi connectivity index (χ1v) is 9.06. The number of aliphatic imine (C=N–C) groups is 1. The molecule has 3 N–H and O–H groups in total. The van der Waals surface area contributed by atoms with Crippen LogP contribution in [0.3, 0.4) is 0 Å². The number of aryl methyl sites for hydroxylation is 1. The second-order valence-corrected chi connectivity index (χ2v) is 7.12. The van der Waals surface area contributed by atoms with Crippen molar-refractivity contribution < 1.29 is 13.2 Å². The van der Waals surface area contributed by atoms with E-state index in [0.717, 1.165) is 5.56 Å². The number of urea groups is 1. The van der Waals surface area contributed by atoms with Gasteiger partial charge in [-0.3, -0.25) is 5.32 Å². The topological polar surface area (TPSA) is 141 Å². The number of aromatic nitrogens is 2. The average Bonchev–Trinajstić information content (AvgIpc) is 3.23. The Kier molecular flexibility index (Phi) is 4.59. The van der Waals surface area contributed by atoms with E-state index in [0.29, 0.717) is 19.0 Å². The first-order chi connectivity index (χ1) is 12.4. The number of carbonyl (C=O) groups excluding carboxylic acids is 1. The highest BCUT2D eigenvalue weighted by atomic mass is 32.2. The molecule has 0 saturated carbocycles. The Morgan fingerprint density at radius 3 is 2.69 bits per heavy atom. The summed E-state index contributed by atoms with van der Waals surface area (Å²) < 4.78 is 27.7. The van der Waals surface area contributed by atoms with Gasteiger partial charge >= 0.3 is 6.03 Å². The zero-order valence-corrected chi connectivity index (χ0v) is 14.5. The smallest absolute Gasteiger partial charge is 0.334 e. The Hall–Kier alpha value is -3.39. The molecule has 1 aliphatic heterocycles. The van der Waals surface area contributed by atoms with Gasteiger partial charge in [0.2, 0.25) is 5.96 Å². The van der Waals surface area contributed by atoms with Crippen molar-refractivity contribution in [2.24, 2.45) is 4.99 Å². The van der Waals surface area contributed by atoms with Crippen LogP contribution in [0.5, 0.6) is 0 Å². The van der Waals surface area contributed by atoms with E-state index in [1.807, 2.05) is 17.7 Å². The molecule has 0 radical (unpaired) electrons. The van der Waals surface area contributed by atoms with Gasteiger partial charge in [-0.1, -0.05) is 17.7 Å².